The van der Waals surface area contributed by atoms with Crippen molar-refractivity contribution < 1.29 is 17.9 Å². The van der Waals surface area contributed by atoms with E-state index in [4.69, 9.17) is 0 Å². The molecule has 72 valence electrons. The van der Waals surface area contributed by atoms with Gasteiger partial charge < -0.3 is 4.74 Å². The monoisotopic (exact) mass is 182 g/mol. The summed E-state index contributed by atoms with van der Waals surface area (Å²) in [7, 11) is 0. The second-order valence-corrected chi connectivity index (χ2v) is 2.90. The van der Waals surface area contributed by atoms with Crippen LogP contribution in [-0.2, 0) is 4.74 Å². The molecule has 0 aliphatic rings. The van der Waals surface area contributed by atoms with Crippen molar-refractivity contribution in [2.75, 3.05) is 6.61 Å². The molecule has 0 unspecified atom stereocenters. The molecule has 1 nitrogen and oxygen atoms in total. The van der Waals surface area contributed by atoms with E-state index in [-0.39, 0.29) is 6.08 Å². The summed E-state index contributed by atoms with van der Waals surface area (Å²) < 4.78 is 39.0. The van der Waals surface area contributed by atoms with E-state index < -0.39 is 6.18 Å². The first kappa shape index (κ1) is 11.3. The maximum atomic E-state index is 11.5. The van der Waals surface area contributed by atoms with E-state index in [1.54, 1.807) is 0 Å². The summed E-state index contributed by atoms with van der Waals surface area (Å²) in [6.07, 6.45) is -2.71. The van der Waals surface area contributed by atoms with Crippen molar-refractivity contribution in [2.24, 2.45) is 5.92 Å². The van der Waals surface area contributed by atoms with Crippen LogP contribution in [0.1, 0.15) is 20.3 Å². The van der Waals surface area contributed by atoms with E-state index in [0.29, 0.717) is 18.8 Å². The van der Waals surface area contributed by atoms with Crippen LogP contribution in [0.25, 0.3) is 0 Å². The molecule has 0 aliphatic heterocycles. The summed E-state index contributed by atoms with van der Waals surface area (Å²) in [5, 5.41) is 0. The average Bonchev–Trinajstić information content (AvgIpc) is 1.83. The largest absolute Gasteiger partial charge is 0.501 e. The van der Waals surface area contributed by atoms with Crippen molar-refractivity contribution in [1.82, 2.24) is 0 Å². The zero-order chi connectivity index (χ0) is 9.61. The summed E-state index contributed by atoms with van der Waals surface area (Å²) in [6.45, 7) is 4.30. The molecule has 0 amide bonds. The van der Waals surface area contributed by atoms with Crippen molar-refractivity contribution in [2.45, 2.75) is 26.4 Å². The Balaban J connectivity index is 3.37. The molecule has 0 aromatic carbocycles. The van der Waals surface area contributed by atoms with Crippen molar-refractivity contribution in [1.29, 1.82) is 0 Å². The number of ether oxygens (including phenoxy) is 1. The molecule has 12 heavy (non-hydrogen) atoms. The molecule has 0 radical (unpaired) electrons. The summed E-state index contributed by atoms with van der Waals surface area (Å²) >= 11 is 0. The third-order valence-corrected chi connectivity index (χ3v) is 1.17. The quantitative estimate of drug-likeness (QED) is 0.479. The van der Waals surface area contributed by atoms with Crippen molar-refractivity contribution in [3.8, 4) is 0 Å². The van der Waals surface area contributed by atoms with E-state index >= 15 is 0 Å². The molecule has 0 aromatic heterocycles. The van der Waals surface area contributed by atoms with Crippen LogP contribution in [0.3, 0.4) is 0 Å². The molecule has 0 aromatic rings. The molecule has 0 bridgehead atoms. The summed E-state index contributed by atoms with van der Waals surface area (Å²) in [4.78, 5) is 0. The minimum absolute atomic E-state index is 0.0906. The zero-order valence-electron chi connectivity index (χ0n) is 7.19. The van der Waals surface area contributed by atoms with Crippen molar-refractivity contribution in [3.63, 3.8) is 0 Å². The number of hydrogen-bond acceptors (Lipinski definition) is 1. The van der Waals surface area contributed by atoms with Gasteiger partial charge in [-0.1, -0.05) is 13.8 Å². The topological polar surface area (TPSA) is 9.23 Å². The molecule has 0 atom stereocenters. The average molecular weight is 182 g/mol. The summed E-state index contributed by atoms with van der Waals surface area (Å²) in [5.41, 5.74) is 0. The van der Waals surface area contributed by atoms with Gasteiger partial charge in [0.1, 0.15) is 0 Å². The van der Waals surface area contributed by atoms with E-state index in [9.17, 15) is 13.2 Å². The molecular formula is C8H13F3O. The second kappa shape index (κ2) is 5.06. The molecule has 0 saturated heterocycles. The molecule has 0 fully saturated rings. The maximum absolute atomic E-state index is 11.5. The number of allylic oxidation sites excluding steroid dienone is 1. The van der Waals surface area contributed by atoms with Gasteiger partial charge in [-0.2, -0.15) is 13.2 Å². The van der Waals surface area contributed by atoms with Crippen molar-refractivity contribution >= 4 is 0 Å². The Hall–Kier alpha value is -0.670. The van der Waals surface area contributed by atoms with E-state index in [2.05, 4.69) is 4.74 Å². The highest BCUT2D eigenvalue weighted by atomic mass is 19.4. The van der Waals surface area contributed by atoms with Crippen LogP contribution >= 0.6 is 0 Å². The first-order chi connectivity index (χ1) is 5.42. The molecule has 4 heteroatoms. The Kier molecular flexibility index (Phi) is 4.78. The lowest BCUT2D eigenvalue weighted by Gasteiger charge is -2.03. The van der Waals surface area contributed by atoms with Gasteiger partial charge in [-0.05, 0) is 12.3 Å². The van der Waals surface area contributed by atoms with Gasteiger partial charge in [-0.3, -0.25) is 0 Å². The first-order valence-electron chi connectivity index (χ1n) is 3.78. The zero-order valence-corrected chi connectivity index (χ0v) is 7.19. The Morgan fingerprint density at radius 2 is 1.92 bits per heavy atom. The molecule has 0 heterocycles. The third kappa shape index (κ3) is 9.33. The number of halogens is 3. The fourth-order valence-corrected chi connectivity index (χ4v) is 0.497. The van der Waals surface area contributed by atoms with Gasteiger partial charge in [-0.15, -0.1) is 0 Å². The fourth-order valence-electron chi connectivity index (χ4n) is 0.497. The van der Waals surface area contributed by atoms with Gasteiger partial charge in [0, 0.05) is 0 Å². The molecule has 0 rings (SSSR count). The normalized spacial score (nSPS) is 12.8. The Morgan fingerprint density at radius 3 is 2.33 bits per heavy atom. The lowest BCUT2D eigenvalue weighted by molar-refractivity contribution is -0.0816. The van der Waals surface area contributed by atoms with Crippen LogP contribution < -0.4 is 0 Å². The highest BCUT2D eigenvalue weighted by molar-refractivity contribution is 4.82. The molecule has 0 saturated carbocycles. The standard InChI is InChI=1S/C8H13F3O/c1-7(2)3-5-12-6-4-8(9,10)11/h4,6-7H,3,5H2,1-2H3/b6-4+. The van der Waals surface area contributed by atoms with Crippen LogP contribution in [0.4, 0.5) is 13.2 Å². The number of hydrogen-bond donors (Lipinski definition) is 0. The van der Waals surface area contributed by atoms with Crippen molar-refractivity contribution in [3.05, 3.63) is 12.3 Å². The van der Waals surface area contributed by atoms with Gasteiger partial charge in [-0.25, -0.2) is 0 Å². The van der Waals surface area contributed by atoms with Gasteiger partial charge in [0.05, 0.1) is 18.9 Å². The Morgan fingerprint density at radius 1 is 1.33 bits per heavy atom. The highest BCUT2D eigenvalue weighted by Gasteiger charge is 2.22. The minimum atomic E-state index is -4.27. The van der Waals surface area contributed by atoms with E-state index in [1.807, 2.05) is 13.8 Å². The Bertz CT molecular complexity index is 138. The Labute approximate surface area is 70.2 Å². The SMILES string of the molecule is CC(C)CCO/C=C/C(F)(F)F. The van der Waals surface area contributed by atoms with Crippen LogP contribution in [0, 0.1) is 5.92 Å². The molecule has 0 aliphatic carbocycles. The molecular weight excluding hydrogens is 169 g/mol. The van der Waals surface area contributed by atoms with Gasteiger partial charge in [0.25, 0.3) is 0 Å². The van der Waals surface area contributed by atoms with E-state index in [1.165, 1.54) is 0 Å². The highest BCUT2D eigenvalue weighted by Crippen LogP contribution is 2.15. The van der Waals surface area contributed by atoms with Crippen LogP contribution in [-0.4, -0.2) is 12.8 Å². The first-order valence-corrected chi connectivity index (χ1v) is 3.78. The third-order valence-electron chi connectivity index (χ3n) is 1.17. The lowest BCUT2D eigenvalue weighted by atomic mass is 10.1. The van der Waals surface area contributed by atoms with Crippen LogP contribution in [0.15, 0.2) is 12.3 Å². The van der Waals surface area contributed by atoms with Crippen LogP contribution in [0.5, 0.6) is 0 Å². The summed E-state index contributed by atoms with van der Waals surface area (Å²) in [5.74, 6) is 0.448. The van der Waals surface area contributed by atoms with Gasteiger partial charge in [0.15, 0.2) is 0 Å². The van der Waals surface area contributed by atoms with E-state index in [0.717, 1.165) is 6.42 Å². The number of alkyl halides is 3. The summed E-state index contributed by atoms with van der Waals surface area (Å²) in [6, 6.07) is 0. The second-order valence-electron chi connectivity index (χ2n) is 2.90. The maximum Gasteiger partial charge on any atom is 0.412 e. The minimum Gasteiger partial charge on any atom is -0.501 e. The molecule has 0 N–H and O–H groups in total. The number of rotatable bonds is 4. The predicted molar refractivity (Wildman–Crippen MR) is 40.6 cm³/mol. The lowest BCUT2D eigenvalue weighted by Crippen LogP contribution is -2.01. The predicted octanol–water partition coefficient (Wildman–Crippen LogP) is 3.13. The molecule has 0 spiro atoms. The van der Waals surface area contributed by atoms with Crippen LogP contribution in [0.2, 0.25) is 0 Å². The van der Waals surface area contributed by atoms with Gasteiger partial charge >= 0.3 is 6.18 Å². The van der Waals surface area contributed by atoms with Gasteiger partial charge in [0.2, 0.25) is 0 Å². The smallest absolute Gasteiger partial charge is 0.412 e. The fraction of sp³-hybridized carbons (Fsp3) is 0.750.